The molecule has 5 rings (SSSR count). The lowest BCUT2D eigenvalue weighted by atomic mass is 10.1. The number of rotatable bonds is 4. The van der Waals surface area contributed by atoms with E-state index in [-0.39, 0.29) is 5.25 Å². The molecule has 8 nitrogen and oxygen atoms in total. The van der Waals surface area contributed by atoms with Gasteiger partial charge in [0.25, 0.3) is 0 Å². The van der Waals surface area contributed by atoms with Crippen LogP contribution in [0, 0.1) is 13.8 Å². The number of aromatic amines is 1. The fraction of sp³-hybridized carbons (Fsp3) is 0.350. The van der Waals surface area contributed by atoms with Crippen LogP contribution in [0.2, 0.25) is 0 Å². The van der Waals surface area contributed by atoms with Gasteiger partial charge in [0, 0.05) is 40.8 Å². The number of aryl methyl sites for hydroxylation is 2. The van der Waals surface area contributed by atoms with E-state index in [1.807, 2.05) is 19.9 Å². The number of pyridine rings is 1. The second kappa shape index (κ2) is 6.55. The first kappa shape index (κ1) is 18.1. The number of hydrogen-bond acceptors (Lipinski definition) is 6. The molecule has 0 saturated heterocycles. The molecule has 0 atom stereocenters. The Hall–Kier alpha value is -2.94. The van der Waals surface area contributed by atoms with Crippen molar-refractivity contribution < 1.29 is 12.9 Å². The fourth-order valence-corrected chi connectivity index (χ4v) is 6.19. The van der Waals surface area contributed by atoms with Gasteiger partial charge in [-0.1, -0.05) is 18.0 Å². The minimum absolute atomic E-state index is 0.363. The standard InChI is InChI=1S/C20H21N5O3S/c1-12-19(13(2)28-24-12)14-7-18-20(21-8-14)17(15-9-22-23-10-15)11-25(18)29(26,27)16-5-3-4-6-16/h7-11,16H,3-6H2,1-2H3,(H,22,23). The predicted octanol–water partition coefficient (Wildman–Crippen LogP) is 3.82. The van der Waals surface area contributed by atoms with Crippen molar-refractivity contribution in [3.63, 3.8) is 0 Å². The summed E-state index contributed by atoms with van der Waals surface area (Å²) in [6.45, 7) is 3.70. The van der Waals surface area contributed by atoms with E-state index in [9.17, 15) is 8.42 Å². The molecule has 0 bridgehead atoms. The maximum atomic E-state index is 13.4. The SMILES string of the molecule is Cc1noc(C)c1-c1cnc2c(-c3cn[nH]c3)cn(S(=O)(=O)C3CCCC3)c2c1. The Bertz CT molecular complexity index is 1280. The molecule has 0 radical (unpaired) electrons. The van der Waals surface area contributed by atoms with Gasteiger partial charge < -0.3 is 4.52 Å². The van der Waals surface area contributed by atoms with Gasteiger partial charge in [0.05, 0.1) is 28.2 Å². The molecule has 29 heavy (non-hydrogen) atoms. The van der Waals surface area contributed by atoms with E-state index in [2.05, 4.69) is 20.3 Å². The van der Waals surface area contributed by atoms with E-state index in [1.54, 1.807) is 24.8 Å². The Labute approximate surface area is 168 Å². The average molecular weight is 411 g/mol. The molecule has 0 spiro atoms. The molecule has 0 aromatic carbocycles. The molecule has 4 aromatic rings. The van der Waals surface area contributed by atoms with Crippen LogP contribution in [0.15, 0.2) is 35.4 Å². The molecule has 1 N–H and O–H groups in total. The lowest BCUT2D eigenvalue weighted by Gasteiger charge is -2.13. The first-order valence-electron chi connectivity index (χ1n) is 9.64. The van der Waals surface area contributed by atoms with Crippen LogP contribution in [0.5, 0.6) is 0 Å². The zero-order valence-electron chi connectivity index (χ0n) is 16.2. The van der Waals surface area contributed by atoms with E-state index >= 15 is 0 Å². The number of H-pyrrole nitrogens is 1. The van der Waals surface area contributed by atoms with Crippen LogP contribution in [-0.4, -0.2) is 38.0 Å². The third-order valence-electron chi connectivity index (χ3n) is 5.74. The highest BCUT2D eigenvalue weighted by Crippen LogP contribution is 2.36. The summed E-state index contributed by atoms with van der Waals surface area (Å²) in [5.41, 5.74) is 5.10. The summed E-state index contributed by atoms with van der Waals surface area (Å²) in [7, 11) is -3.53. The van der Waals surface area contributed by atoms with Crippen LogP contribution in [0.3, 0.4) is 0 Å². The van der Waals surface area contributed by atoms with Gasteiger partial charge in [-0.25, -0.2) is 12.4 Å². The van der Waals surface area contributed by atoms with E-state index in [0.29, 0.717) is 29.6 Å². The fourth-order valence-electron chi connectivity index (χ4n) is 4.28. The van der Waals surface area contributed by atoms with E-state index < -0.39 is 10.0 Å². The van der Waals surface area contributed by atoms with E-state index in [0.717, 1.165) is 40.8 Å². The first-order valence-corrected chi connectivity index (χ1v) is 11.1. The van der Waals surface area contributed by atoms with Crippen molar-refractivity contribution in [1.29, 1.82) is 0 Å². The monoisotopic (exact) mass is 411 g/mol. The summed E-state index contributed by atoms with van der Waals surface area (Å²) in [4.78, 5) is 4.64. The molecule has 1 fully saturated rings. The zero-order valence-corrected chi connectivity index (χ0v) is 17.0. The van der Waals surface area contributed by atoms with Crippen LogP contribution in [0.25, 0.3) is 33.3 Å². The molecule has 0 unspecified atom stereocenters. The van der Waals surface area contributed by atoms with E-state index in [4.69, 9.17) is 4.52 Å². The van der Waals surface area contributed by atoms with Gasteiger partial charge in [-0.15, -0.1) is 0 Å². The lowest BCUT2D eigenvalue weighted by molar-refractivity contribution is 0.393. The molecule has 0 amide bonds. The molecular formula is C20H21N5O3S. The number of nitrogens with zero attached hydrogens (tertiary/aromatic N) is 4. The molecule has 0 aliphatic heterocycles. The molecule has 4 heterocycles. The van der Waals surface area contributed by atoms with Gasteiger partial charge in [0.2, 0.25) is 10.0 Å². The van der Waals surface area contributed by atoms with Crippen molar-refractivity contribution in [2.45, 2.75) is 44.8 Å². The van der Waals surface area contributed by atoms with Crippen molar-refractivity contribution in [2.75, 3.05) is 0 Å². The van der Waals surface area contributed by atoms with Crippen LogP contribution in [-0.2, 0) is 10.0 Å². The normalized spacial score (nSPS) is 15.5. The highest BCUT2D eigenvalue weighted by molar-refractivity contribution is 7.90. The van der Waals surface area contributed by atoms with Gasteiger partial charge in [-0.05, 0) is 32.8 Å². The molecule has 4 aromatic heterocycles. The second-order valence-corrected chi connectivity index (χ2v) is 9.66. The third kappa shape index (κ3) is 2.79. The largest absolute Gasteiger partial charge is 0.361 e. The summed E-state index contributed by atoms with van der Waals surface area (Å²) in [6.07, 6.45) is 10.1. The van der Waals surface area contributed by atoms with Crippen LogP contribution >= 0.6 is 0 Å². The number of fused-ring (bicyclic) bond motifs is 1. The van der Waals surface area contributed by atoms with Crippen molar-refractivity contribution in [3.8, 4) is 22.3 Å². The van der Waals surface area contributed by atoms with Crippen LogP contribution in [0.1, 0.15) is 37.1 Å². The molecule has 150 valence electrons. The van der Waals surface area contributed by atoms with Gasteiger partial charge in [0.1, 0.15) is 5.76 Å². The summed E-state index contributed by atoms with van der Waals surface area (Å²) in [5, 5.41) is 10.4. The van der Waals surface area contributed by atoms with Crippen LogP contribution in [0.4, 0.5) is 0 Å². The summed E-state index contributed by atoms with van der Waals surface area (Å²) < 4.78 is 33.6. The minimum Gasteiger partial charge on any atom is -0.361 e. The summed E-state index contributed by atoms with van der Waals surface area (Å²) in [6, 6.07) is 1.87. The highest BCUT2D eigenvalue weighted by Gasteiger charge is 2.32. The predicted molar refractivity (Wildman–Crippen MR) is 109 cm³/mol. The Balaban J connectivity index is 1.78. The topological polar surface area (TPSA) is 107 Å². The highest BCUT2D eigenvalue weighted by atomic mass is 32.2. The first-order chi connectivity index (χ1) is 14.0. The van der Waals surface area contributed by atoms with Crippen molar-refractivity contribution in [1.82, 2.24) is 24.3 Å². The number of nitrogens with one attached hydrogen (secondary N) is 1. The Morgan fingerprint density at radius 2 is 1.97 bits per heavy atom. The van der Waals surface area contributed by atoms with E-state index in [1.165, 1.54) is 3.97 Å². The number of hydrogen-bond donors (Lipinski definition) is 1. The Kier molecular flexibility index (Phi) is 4.09. The average Bonchev–Trinajstić information content (AvgIpc) is 3.48. The quantitative estimate of drug-likeness (QED) is 0.547. The zero-order chi connectivity index (χ0) is 20.2. The third-order valence-corrected chi connectivity index (χ3v) is 7.90. The summed E-state index contributed by atoms with van der Waals surface area (Å²) in [5.74, 6) is 0.676. The van der Waals surface area contributed by atoms with Crippen molar-refractivity contribution >= 4 is 21.1 Å². The Morgan fingerprint density at radius 1 is 1.17 bits per heavy atom. The van der Waals surface area contributed by atoms with Gasteiger partial charge in [-0.2, -0.15) is 5.10 Å². The smallest absolute Gasteiger partial charge is 0.241 e. The van der Waals surface area contributed by atoms with Crippen LogP contribution < -0.4 is 0 Å². The molecule has 1 aliphatic rings. The van der Waals surface area contributed by atoms with Crippen molar-refractivity contribution in [3.05, 3.63) is 42.3 Å². The molecule has 1 saturated carbocycles. The molecule has 1 aliphatic carbocycles. The minimum atomic E-state index is -3.53. The van der Waals surface area contributed by atoms with Crippen molar-refractivity contribution in [2.24, 2.45) is 0 Å². The number of aromatic nitrogens is 5. The van der Waals surface area contributed by atoms with Gasteiger partial charge in [0.15, 0.2) is 0 Å². The maximum Gasteiger partial charge on any atom is 0.241 e. The molecular weight excluding hydrogens is 390 g/mol. The second-order valence-electron chi connectivity index (χ2n) is 7.57. The maximum absolute atomic E-state index is 13.4. The Morgan fingerprint density at radius 3 is 2.62 bits per heavy atom. The summed E-state index contributed by atoms with van der Waals surface area (Å²) >= 11 is 0. The van der Waals surface area contributed by atoms with Gasteiger partial charge >= 0.3 is 0 Å². The molecule has 9 heteroatoms. The lowest BCUT2D eigenvalue weighted by Crippen LogP contribution is -2.24. The van der Waals surface area contributed by atoms with Gasteiger partial charge in [-0.3, -0.25) is 10.1 Å².